The molecule has 0 radical (unpaired) electrons. The van der Waals surface area contributed by atoms with Gasteiger partial charge >= 0.3 is 0 Å². The molecule has 0 aromatic heterocycles. The standard InChI is InChI=1S/C13H30O3Si/c1-4-7-8-9-10-11-12-17-16-13(14-5-2)15-6-3/h13H,4-12,17H2,1-3H3. The second kappa shape index (κ2) is 14.2. The Balaban J connectivity index is 3.23. The fraction of sp³-hybridized carbons (Fsp3) is 1.00. The van der Waals surface area contributed by atoms with E-state index in [0.29, 0.717) is 13.2 Å². The van der Waals surface area contributed by atoms with Gasteiger partial charge in [-0.15, -0.1) is 0 Å². The van der Waals surface area contributed by atoms with Crippen LogP contribution in [0.25, 0.3) is 0 Å². The van der Waals surface area contributed by atoms with Crippen molar-refractivity contribution < 1.29 is 13.9 Å². The molecule has 0 N–H and O–H groups in total. The van der Waals surface area contributed by atoms with E-state index in [-0.39, 0.29) is 0 Å². The molecule has 0 fully saturated rings. The Kier molecular flexibility index (Phi) is 14.2. The number of ether oxygens (including phenoxy) is 2. The Morgan fingerprint density at radius 3 is 2.00 bits per heavy atom. The predicted octanol–water partition coefficient (Wildman–Crippen LogP) is 3.22. The average Bonchev–Trinajstić information content (AvgIpc) is 2.33. The molecule has 0 aliphatic heterocycles. The fourth-order valence-corrected chi connectivity index (χ4v) is 2.76. The van der Waals surface area contributed by atoms with Gasteiger partial charge in [0.25, 0.3) is 6.48 Å². The molecule has 0 aliphatic carbocycles. The second-order valence-electron chi connectivity index (χ2n) is 4.19. The van der Waals surface area contributed by atoms with Gasteiger partial charge in [0.05, 0.1) is 0 Å². The van der Waals surface area contributed by atoms with E-state index >= 15 is 0 Å². The molecule has 0 aliphatic rings. The van der Waals surface area contributed by atoms with Gasteiger partial charge in [-0.05, 0) is 19.9 Å². The summed E-state index contributed by atoms with van der Waals surface area (Å²) in [5, 5.41) is 0. The van der Waals surface area contributed by atoms with Gasteiger partial charge in [-0.2, -0.15) is 0 Å². The molecule has 0 saturated carbocycles. The van der Waals surface area contributed by atoms with Crippen LogP contribution in [0, 0.1) is 0 Å². The zero-order valence-electron chi connectivity index (χ0n) is 11.9. The number of hydrogen-bond donors (Lipinski definition) is 0. The molecule has 4 heteroatoms. The molecule has 0 unspecified atom stereocenters. The van der Waals surface area contributed by atoms with Gasteiger partial charge in [-0.25, -0.2) is 0 Å². The summed E-state index contributed by atoms with van der Waals surface area (Å²) in [6.45, 7) is 7.07. The third-order valence-corrected chi connectivity index (χ3v) is 3.90. The first kappa shape index (κ1) is 17.1. The van der Waals surface area contributed by atoms with Crippen LogP contribution < -0.4 is 0 Å². The zero-order chi connectivity index (χ0) is 12.8. The van der Waals surface area contributed by atoms with E-state index in [0.717, 1.165) is 0 Å². The Morgan fingerprint density at radius 2 is 1.41 bits per heavy atom. The topological polar surface area (TPSA) is 27.7 Å². The highest BCUT2D eigenvalue weighted by Gasteiger charge is 2.06. The summed E-state index contributed by atoms with van der Waals surface area (Å²) >= 11 is 0. The van der Waals surface area contributed by atoms with Gasteiger partial charge in [0.2, 0.25) is 0 Å². The number of unbranched alkanes of at least 4 members (excludes halogenated alkanes) is 5. The maximum Gasteiger partial charge on any atom is 0.261 e. The Hall–Kier alpha value is 0.0969. The molecule has 0 spiro atoms. The lowest BCUT2D eigenvalue weighted by Gasteiger charge is -2.17. The Bertz CT molecular complexity index is 139. The van der Waals surface area contributed by atoms with Crippen molar-refractivity contribution in [3.63, 3.8) is 0 Å². The van der Waals surface area contributed by atoms with E-state index in [1.807, 2.05) is 13.8 Å². The highest BCUT2D eigenvalue weighted by atomic mass is 28.2. The monoisotopic (exact) mass is 262 g/mol. The summed E-state index contributed by atoms with van der Waals surface area (Å²) < 4.78 is 16.3. The molecule has 3 nitrogen and oxygen atoms in total. The summed E-state index contributed by atoms with van der Waals surface area (Å²) in [4.78, 5) is 0. The third-order valence-electron chi connectivity index (χ3n) is 2.61. The van der Waals surface area contributed by atoms with Crippen LogP contribution in [-0.4, -0.2) is 29.5 Å². The van der Waals surface area contributed by atoms with Crippen molar-refractivity contribution in [3.8, 4) is 0 Å². The lowest BCUT2D eigenvalue weighted by atomic mass is 10.1. The van der Waals surface area contributed by atoms with Crippen LogP contribution >= 0.6 is 0 Å². The minimum Gasteiger partial charge on any atom is -0.379 e. The van der Waals surface area contributed by atoms with Crippen LogP contribution in [-0.2, 0) is 13.9 Å². The van der Waals surface area contributed by atoms with E-state index in [2.05, 4.69) is 6.92 Å². The first-order valence-electron chi connectivity index (χ1n) is 7.19. The normalized spacial score (nSPS) is 12.0. The third kappa shape index (κ3) is 12.3. The lowest BCUT2D eigenvalue weighted by molar-refractivity contribution is -0.243. The van der Waals surface area contributed by atoms with E-state index in [4.69, 9.17) is 13.9 Å². The Labute approximate surface area is 109 Å². The van der Waals surface area contributed by atoms with Crippen LogP contribution in [0.5, 0.6) is 0 Å². The SMILES string of the molecule is CCCCCCCC[SiH2]OC(OCC)OCC. The molecule has 0 aromatic rings. The average molecular weight is 262 g/mol. The molecular weight excluding hydrogens is 232 g/mol. The number of hydrogen-bond acceptors (Lipinski definition) is 3. The molecule has 17 heavy (non-hydrogen) atoms. The van der Waals surface area contributed by atoms with Crippen molar-refractivity contribution in [2.24, 2.45) is 0 Å². The van der Waals surface area contributed by atoms with E-state index in [1.165, 1.54) is 44.6 Å². The largest absolute Gasteiger partial charge is 0.379 e. The van der Waals surface area contributed by atoms with Gasteiger partial charge in [0.1, 0.15) is 0 Å². The van der Waals surface area contributed by atoms with Gasteiger partial charge in [0, 0.05) is 13.2 Å². The first-order chi connectivity index (χ1) is 8.35. The zero-order valence-corrected chi connectivity index (χ0v) is 13.3. The second-order valence-corrected chi connectivity index (χ2v) is 5.64. The maximum absolute atomic E-state index is 5.65. The number of rotatable bonds is 13. The summed E-state index contributed by atoms with van der Waals surface area (Å²) in [5.41, 5.74) is 0. The lowest BCUT2D eigenvalue weighted by Crippen LogP contribution is -2.22. The molecule has 104 valence electrons. The molecule has 0 aromatic carbocycles. The van der Waals surface area contributed by atoms with Crippen LogP contribution in [0.1, 0.15) is 59.3 Å². The van der Waals surface area contributed by atoms with Crippen LogP contribution in [0.2, 0.25) is 6.04 Å². The summed E-state index contributed by atoms with van der Waals surface area (Å²) in [5.74, 6) is 0. The van der Waals surface area contributed by atoms with E-state index in [1.54, 1.807) is 0 Å². The van der Waals surface area contributed by atoms with Crippen LogP contribution in [0.3, 0.4) is 0 Å². The molecule has 0 rings (SSSR count). The summed E-state index contributed by atoms with van der Waals surface area (Å²) in [7, 11) is -0.466. The summed E-state index contributed by atoms with van der Waals surface area (Å²) in [6, 6.07) is 1.24. The van der Waals surface area contributed by atoms with Gasteiger partial charge in [-0.1, -0.05) is 45.4 Å². The Morgan fingerprint density at radius 1 is 0.824 bits per heavy atom. The predicted molar refractivity (Wildman–Crippen MR) is 74.9 cm³/mol. The smallest absolute Gasteiger partial charge is 0.261 e. The van der Waals surface area contributed by atoms with Crippen LogP contribution in [0.4, 0.5) is 0 Å². The van der Waals surface area contributed by atoms with E-state index in [9.17, 15) is 0 Å². The quantitative estimate of drug-likeness (QED) is 0.290. The van der Waals surface area contributed by atoms with Crippen molar-refractivity contribution in [3.05, 3.63) is 0 Å². The van der Waals surface area contributed by atoms with Crippen molar-refractivity contribution in [2.45, 2.75) is 71.8 Å². The van der Waals surface area contributed by atoms with Crippen LogP contribution in [0.15, 0.2) is 0 Å². The van der Waals surface area contributed by atoms with Gasteiger partial charge < -0.3 is 13.9 Å². The fourth-order valence-electron chi connectivity index (χ4n) is 1.66. The van der Waals surface area contributed by atoms with Crippen molar-refractivity contribution >= 4 is 9.76 Å². The maximum atomic E-state index is 5.65. The van der Waals surface area contributed by atoms with Gasteiger partial charge in [-0.3, -0.25) is 0 Å². The molecule has 0 bridgehead atoms. The molecule has 0 amide bonds. The molecule has 0 heterocycles. The minimum atomic E-state index is -0.466. The van der Waals surface area contributed by atoms with Gasteiger partial charge in [0.15, 0.2) is 9.76 Å². The van der Waals surface area contributed by atoms with Crippen molar-refractivity contribution in [2.75, 3.05) is 13.2 Å². The molecular formula is C13H30O3Si. The van der Waals surface area contributed by atoms with E-state index < -0.39 is 16.2 Å². The summed E-state index contributed by atoms with van der Waals surface area (Å²) in [6.07, 6.45) is 8.13. The minimum absolute atomic E-state index is 0.406. The van der Waals surface area contributed by atoms with Crippen molar-refractivity contribution in [1.82, 2.24) is 0 Å². The highest BCUT2D eigenvalue weighted by Crippen LogP contribution is 2.07. The highest BCUT2D eigenvalue weighted by molar-refractivity contribution is 6.27. The molecule has 0 saturated heterocycles. The molecule has 0 atom stereocenters. The van der Waals surface area contributed by atoms with Crippen molar-refractivity contribution in [1.29, 1.82) is 0 Å². The first-order valence-corrected chi connectivity index (χ1v) is 8.77.